The Hall–Kier alpha value is -1.14. The maximum Gasteiger partial charge on any atom is 0.0718 e. The summed E-state index contributed by atoms with van der Waals surface area (Å²) in [6, 6.07) is 10.1. The molecule has 0 atom stereocenters. The normalized spacial score (nSPS) is 11.5. The van der Waals surface area contributed by atoms with Gasteiger partial charge in [-0.2, -0.15) is 0 Å². The molecule has 0 saturated carbocycles. The third kappa shape index (κ3) is 38.1. The Bertz CT molecular complexity index is 740. The lowest BCUT2D eigenvalue weighted by atomic mass is 10.0. The van der Waals surface area contributed by atoms with E-state index >= 15 is 0 Å². The van der Waals surface area contributed by atoms with Gasteiger partial charge in [0.1, 0.15) is 0 Å². The Morgan fingerprint density at radius 3 is 0.860 bits per heavy atom. The van der Waals surface area contributed by atoms with E-state index in [0.717, 1.165) is 13.0 Å². The third-order valence-electron chi connectivity index (χ3n) is 8.23. The molecule has 0 aliphatic carbocycles. The zero-order valence-corrected chi connectivity index (χ0v) is 32.1. The Labute approximate surface area is 306 Å². The third-order valence-corrected chi connectivity index (χ3v) is 8.23. The maximum absolute atomic E-state index is 5.69. The summed E-state index contributed by atoms with van der Waals surface area (Å²) < 4.78 is 50.0. The second-order valence-electron chi connectivity index (χ2n) is 12.7. The van der Waals surface area contributed by atoms with Crippen LogP contribution in [0.5, 0.6) is 0 Å². The van der Waals surface area contributed by atoms with E-state index in [4.69, 9.17) is 42.6 Å². The number of unbranched alkanes of at least 4 members (excludes halogenated alkanes) is 15. The molecule has 1 aromatic rings. The molecule has 0 aromatic heterocycles. The SMILES string of the molecule is CCCCCCCCCCCCCCCCCCOCCOCCOCCOCCOCCOCCOCCOCCOCc1ccccc1. The van der Waals surface area contributed by atoms with Crippen LogP contribution in [-0.2, 0) is 49.2 Å². The van der Waals surface area contributed by atoms with Crippen molar-refractivity contribution in [3.8, 4) is 0 Å². The van der Waals surface area contributed by atoms with Crippen LogP contribution in [0.1, 0.15) is 115 Å². The Morgan fingerprint density at radius 1 is 0.280 bits per heavy atom. The molecular weight excluding hydrogens is 636 g/mol. The van der Waals surface area contributed by atoms with Crippen LogP contribution in [0.25, 0.3) is 0 Å². The van der Waals surface area contributed by atoms with E-state index in [0.29, 0.717) is 112 Å². The number of hydrogen-bond acceptors (Lipinski definition) is 9. The van der Waals surface area contributed by atoms with Gasteiger partial charge in [-0.15, -0.1) is 0 Å². The molecule has 0 saturated heterocycles. The fourth-order valence-electron chi connectivity index (χ4n) is 5.28. The molecule has 0 unspecified atom stereocenters. The highest BCUT2D eigenvalue weighted by molar-refractivity contribution is 5.13. The van der Waals surface area contributed by atoms with Gasteiger partial charge in [-0.25, -0.2) is 0 Å². The van der Waals surface area contributed by atoms with Crippen molar-refractivity contribution in [3.63, 3.8) is 0 Å². The standard InChI is InChI=1S/C41H76O9/c1-2-3-4-5-6-7-8-9-10-11-12-13-14-15-16-20-23-42-24-25-43-26-27-44-28-29-45-30-31-46-32-33-47-34-35-48-36-37-49-38-39-50-40-41-21-18-17-19-22-41/h17-19,21-22H,2-16,20,23-40H2,1H3. The molecule has 0 N–H and O–H groups in total. The minimum atomic E-state index is 0.534. The summed E-state index contributed by atoms with van der Waals surface area (Å²) in [6.07, 6.45) is 22.2. The molecular formula is C41H76O9. The molecule has 0 radical (unpaired) electrons. The minimum absolute atomic E-state index is 0.534. The average Bonchev–Trinajstić information content (AvgIpc) is 3.14. The van der Waals surface area contributed by atoms with Crippen molar-refractivity contribution in [2.75, 3.05) is 112 Å². The van der Waals surface area contributed by atoms with Crippen LogP contribution in [0, 0.1) is 0 Å². The number of ether oxygens (including phenoxy) is 9. The lowest BCUT2D eigenvalue weighted by molar-refractivity contribution is -0.0254. The summed E-state index contributed by atoms with van der Waals surface area (Å²) in [7, 11) is 0. The van der Waals surface area contributed by atoms with Crippen molar-refractivity contribution in [2.45, 2.75) is 116 Å². The van der Waals surface area contributed by atoms with Crippen LogP contribution in [-0.4, -0.2) is 112 Å². The first-order valence-electron chi connectivity index (χ1n) is 20.2. The summed E-state index contributed by atoms with van der Waals surface area (Å²) >= 11 is 0. The molecule has 0 fully saturated rings. The van der Waals surface area contributed by atoms with E-state index < -0.39 is 0 Å². The van der Waals surface area contributed by atoms with E-state index in [2.05, 4.69) is 6.92 Å². The van der Waals surface area contributed by atoms with E-state index in [-0.39, 0.29) is 0 Å². The highest BCUT2D eigenvalue weighted by Gasteiger charge is 1.98. The van der Waals surface area contributed by atoms with Gasteiger partial charge in [0.25, 0.3) is 0 Å². The van der Waals surface area contributed by atoms with Gasteiger partial charge in [-0.3, -0.25) is 0 Å². The molecule has 0 heterocycles. The Kier molecular flexibility index (Phi) is 39.6. The summed E-state index contributed by atoms with van der Waals surface area (Å²) in [5.74, 6) is 0. The fraction of sp³-hybridized carbons (Fsp3) is 0.854. The van der Waals surface area contributed by atoms with E-state index in [9.17, 15) is 0 Å². The average molecular weight is 713 g/mol. The van der Waals surface area contributed by atoms with Crippen LogP contribution < -0.4 is 0 Å². The first-order chi connectivity index (χ1) is 24.9. The van der Waals surface area contributed by atoms with Gasteiger partial charge in [0.05, 0.1) is 112 Å². The summed E-state index contributed by atoms with van der Waals surface area (Å²) in [4.78, 5) is 0. The van der Waals surface area contributed by atoms with Crippen molar-refractivity contribution in [3.05, 3.63) is 35.9 Å². The van der Waals surface area contributed by atoms with Crippen LogP contribution in [0.4, 0.5) is 0 Å². The van der Waals surface area contributed by atoms with Crippen LogP contribution in [0.3, 0.4) is 0 Å². The molecule has 1 aromatic carbocycles. The zero-order valence-electron chi connectivity index (χ0n) is 32.1. The maximum atomic E-state index is 5.69. The lowest BCUT2D eigenvalue weighted by Gasteiger charge is -2.09. The molecule has 294 valence electrons. The lowest BCUT2D eigenvalue weighted by Crippen LogP contribution is -2.15. The monoisotopic (exact) mass is 713 g/mol. The summed E-state index contributed by atoms with van der Waals surface area (Å²) in [5, 5.41) is 0. The number of benzene rings is 1. The predicted molar refractivity (Wildman–Crippen MR) is 202 cm³/mol. The number of hydrogen-bond donors (Lipinski definition) is 0. The minimum Gasteiger partial charge on any atom is -0.379 e. The van der Waals surface area contributed by atoms with Gasteiger partial charge in [0.2, 0.25) is 0 Å². The van der Waals surface area contributed by atoms with E-state index in [1.165, 1.54) is 102 Å². The zero-order chi connectivity index (χ0) is 35.5. The predicted octanol–water partition coefficient (Wildman–Crippen LogP) is 8.60. The largest absolute Gasteiger partial charge is 0.379 e. The fourth-order valence-corrected chi connectivity index (χ4v) is 5.28. The van der Waals surface area contributed by atoms with Crippen molar-refractivity contribution < 1.29 is 42.6 Å². The van der Waals surface area contributed by atoms with Crippen LogP contribution >= 0.6 is 0 Å². The molecule has 0 amide bonds. The molecule has 0 aliphatic heterocycles. The second kappa shape index (κ2) is 42.3. The highest BCUT2D eigenvalue weighted by atomic mass is 16.6. The summed E-state index contributed by atoms with van der Waals surface area (Å²) in [5.41, 5.74) is 1.17. The first kappa shape index (κ1) is 46.9. The van der Waals surface area contributed by atoms with Gasteiger partial charge in [0.15, 0.2) is 0 Å². The number of rotatable bonds is 43. The van der Waals surface area contributed by atoms with Gasteiger partial charge < -0.3 is 42.6 Å². The molecule has 50 heavy (non-hydrogen) atoms. The van der Waals surface area contributed by atoms with Crippen molar-refractivity contribution in [1.29, 1.82) is 0 Å². The van der Waals surface area contributed by atoms with Gasteiger partial charge >= 0.3 is 0 Å². The van der Waals surface area contributed by atoms with E-state index in [1.807, 2.05) is 30.3 Å². The first-order valence-corrected chi connectivity index (χ1v) is 20.2. The smallest absolute Gasteiger partial charge is 0.0718 e. The highest BCUT2D eigenvalue weighted by Crippen LogP contribution is 2.13. The molecule has 9 nitrogen and oxygen atoms in total. The molecule has 0 bridgehead atoms. The van der Waals surface area contributed by atoms with Crippen LogP contribution in [0.2, 0.25) is 0 Å². The summed E-state index contributed by atoms with van der Waals surface area (Å²) in [6.45, 7) is 12.7. The Morgan fingerprint density at radius 2 is 0.540 bits per heavy atom. The second-order valence-corrected chi connectivity index (χ2v) is 12.7. The molecule has 0 spiro atoms. The topological polar surface area (TPSA) is 83.1 Å². The van der Waals surface area contributed by atoms with Gasteiger partial charge in [0, 0.05) is 6.61 Å². The molecule has 1 rings (SSSR count). The molecule has 9 heteroatoms. The quantitative estimate of drug-likeness (QED) is 0.0619. The van der Waals surface area contributed by atoms with Crippen LogP contribution in [0.15, 0.2) is 30.3 Å². The Balaban J connectivity index is 1.60. The van der Waals surface area contributed by atoms with Gasteiger partial charge in [-0.1, -0.05) is 134 Å². The van der Waals surface area contributed by atoms with Crippen molar-refractivity contribution in [1.82, 2.24) is 0 Å². The van der Waals surface area contributed by atoms with E-state index in [1.54, 1.807) is 0 Å². The van der Waals surface area contributed by atoms with Gasteiger partial charge in [-0.05, 0) is 12.0 Å². The molecule has 0 aliphatic rings. The van der Waals surface area contributed by atoms with Crippen molar-refractivity contribution in [2.24, 2.45) is 0 Å². The van der Waals surface area contributed by atoms with Crippen molar-refractivity contribution >= 4 is 0 Å².